The Kier molecular flexibility index (Phi) is 23.7. The van der Waals surface area contributed by atoms with Crippen LogP contribution in [-0.4, -0.2) is 108 Å². The Morgan fingerprint density at radius 3 is 2.19 bits per heavy atom. The molecule has 4 rings (SSSR count). The van der Waals surface area contributed by atoms with Gasteiger partial charge in [-0.05, 0) is 86.3 Å². The third kappa shape index (κ3) is 20.2. The number of Topliss-reactive ketones (excluding diaryl/α,β-unsaturated/α-hetero) is 1. The van der Waals surface area contributed by atoms with Gasteiger partial charge in [-0.2, -0.15) is 0 Å². The molecule has 2 heterocycles. The third-order valence-corrected chi connectivity index (χ3v) is 14.2. The number of methoxy groups -OCH3 is 1. The molecule has 0 bridgehead atoms. The number of amides is 5. The first-order valence-electron chi connectivity index (χ1n) is 26.4. The first-order chi connectivity index (χ1) is 36.1. The zero-order valence-corrected chi connectivity index (χ0v) is 47.1. The molecule has 0 radical (unpaired) electrons. The number of halogens is 1. The molecule has 1 saturated heterocycles. The molecule has 0 aliphatic carbocycles. The van der Waals surface area contributed by atoms with Crippen molar-refractivity contribution >= 4 is 64.8 Å². The highest BCUT2D eigenvalue weighted by atomic mass is 35.5. The highest BCUT2D eigenvalue weighted by Gasteiger charge is 2.48. The number of ketones is 1. The fourth-order valence-corrected chi connectivity index (χ4v) is 8.98. The van der Waals surface area contributed by atoms with E-state index in [2.05, 4.69) is 26.6 Å². The van der Waals surface area contributed by atoms with E-state index in [0.29, 0.717) is 22.8 Å². The molecule has 2 aliphatic heterocycles. The van der Waals surface area contributed by atoms with E-state index < -0.39 is 94.5 Å². The lowest BCUT2D eigenvalue weighted by Gasteiger charge is -2.35. The number of hydrogen-bond acceptors (Lipinski definition) is 13. The minimum atomic E-state index is -1.22. The lowest BCUT2D eigenvalue weighted by Crippen LogP contribution is -2.58. The Morgan fingerprint density at radius 1 is 0.896 bits per heavy atom. The number of rotatable bonds is 23. The molecule has 20 heteroatoms. The second kappa shape index (κ2) is 28.9. The van der Waals surface area contributed by atoms with Crippen LogP contribution in [0.1, 0.15) is 143 Å². The van der Waals surface area contributed by atoms with Crippen LogP contribution in [-0.2, 0) is 70.4 Å². The van der Waals surface area contributed by atoms with Crippen LogP contribution in [0.15, 0.2) is 54.6 Å². The Bertz CT molecular complexity index is 2450. The van der Waals surface area contributed by atoms with E-state index in [1.54, 1.807) is 65.8 Å². The molecule has 0 aromatic heterocycles. The first-order valence-corrected chi connectivity index (χ1v) is 26.8. The standard InChI is InChI=1S/C57H80ClN5O14/c1-32(2)49(63-46(66)17-13-18-47(67)68)42(64)27-33(3)52(70)59-26-14-19-48(69)75-31-36-20-23-38(24-21-36)51-50(77-51)34(4)43-15-12-16-45(65)61-40(29-37-22-25-44(74-11)39(58)28-37)53(71)60-35(5)57(9,10)55(73)62-41(54(72)76-43)30-56(6,7)8/h12,16,20-25,28,32-35,40-41,43,49-51H,13-15,17-19,26-27,29-31H2,1-11H3,(H,59,70)(H,60,71)(H,61,65)(H,62,73)(H,63,66)(H,67,68)/b16-12+/t33-,34+,35+,40-,41+,43+,49+,50-,51-/m1/s1. The summed E-state index contributed by atoms with van der Waals surface area (Å²) >= 11 is 6.40. The largest absolute Gasteiger partial charge is 0.495 e. The second-order valence-corrected chi connectivity index (χ2v) is 22.8. The Hall–Kier alpha value is -6.34. The Balaban J connectivity index is 1.36. The van der Waals surface area contributed by atoms with Crippen LogP contribution in [0.4, 0.5) is 0 Å². The summed E-state index contributed by atoms with van der Waals surface area (Å²) in [5.41, 5.74) is 0.599. The minimum absolute atomic E-state index is 0.00461. The van der Waals surface area contributed by atoms with Gasteiger partial charge in [0.05, 0.1) is 29.7 Å². The van der Waals surface area contributed by atoms with Crippen molar-refractivity contribution in [2.75, 3.05) is 13.7 Å². The molecule has 6 N–H and O–H groups in total. The van der Waals surface area contributed by atoms with Gasteiger partial charge in [-0.3, -0.25) is 38.4 Å². The van der Waals surface area contributed by atoms with Crippen molar-refractivity contribution in [2.45, 2.75) is 176 Å². The number of carbonyl (C=O) groups is 9. The summed E-state index contributed by atoms with van der Waals surface area (Å²) in [5.74, 6) is -5.66. The van der Waals surface area contributed by atoms with Crippen molar-refractivity contribution in [1.29, 1.82) is 0 Å². The van der Waals surface area contributed by atoms with Gasteiger partial charge >= 0.3 is 17.9 Å². The molecule has 2 aromatic carbocycles. The fourth-order valence-electron chi connectivity index (χ4n) is 8.70. The molecule has 77 heavy (non-hydrogen) atoms. The van der Waals surface area contributed by atoms with Crippen molar-refractivity contribution in [3.05, 3.63) is 76.3 Å². The molecule has 2 aliphatic rings. The van der Waals surface area contributed by atoms with Crippen LogP contribution in [0.25, 0.3) is 0 Å². The molecular formula is C57H80ClN5O14. The average Bonchev–Trinajstić information content (AvgIpc) is 4.16. The molecule has 9 atom stereocenters. The maximum absolute atomic E-state index is 14.2. The smallest absolute Gasteiger partial charge is 0.328 e. The predicted octanol–water partition coefficient (Wildman–Crippen LogP) is 6.41. The molecule has 424 valence electrons. The van der Waals surface area contributed by atoms with Gasteiger partial charge < -0.3 is 50.6 Å². The number of carboxylic acids is 1. The topological polar surface area (TPSA) is 274 Å². The van der Waals surface area contributed by atoms with Gasteiger partial charge in [0, 0.05) is 62.9 Å². The number of cyclic esters (lactones) is 1. The summed E-state index contributed by atoms with van der Waals surface area (Å²) in [6.07, 6.45) is 1.96. The molecule has 5 amide bonds. The van der Waals surface area contributed by atoms with Gasteiger partial charge in [0.2, 0.25) is 29.5 Å². The zero-order chi connectivity index (χ0) is 57.4. The van der Waals surface area contributed by atoms with Crippen LogP contribution in [0.5, 0.6) is 5.75 Å². The lowest BCUT2D eigenvalue weighted by atomic mass is 9.82. The van der Waals surface area contributed by atoms with Gasteiger partial charge in [-0.1, -0.05) is 96.5 Å². The maximum Gasteiger partial charge on any atom is 0.328 e. The monoisotopic (exact) mass is 1090 g/mol. The predicted molar refractivity (Wildman–Crippen MR) is 287 cm³/mol. The lowest BCUT2D eigenvalue weighted by molar-refractivity contribution is -0.157. The Morgan fingerprint density at radius 2 is 1.57 bits per heavy atom. The van der Waals surface area contributed by atoms with Gasteiger partial charge in [-0.15, -0.1) is 0 Å². The number of epoxide rings is 1. The number of aliphatic carboxylic acids is 1. The van der Waals surface area contributed by atoms with Gasteiger partial charge in [-0.25, -0.2) is 4.79 Å². The maximum atomic E-state index is 14.2. The minimum Gasteiger partial charge on any atom is -0.495 e. The van der Waals surface area contributed by atoms with E-state index in [-0.39, 0.29) is 94.3 Å². The van der Waals surface area contributed by atoms with Crippen molar-refractivity contribution in [2.24, 2.45) is 28.6 Å². The normalized spacial score (nSPS) is 22.7. The second-order valence-electron chi connectivity index (χ2n) is 22.4. The van der Waals surface area contributed by atoms with E-state index in [1.165, 1.54) is 13.2 Å². The molecule has 0 saturated carbocycles. The summed E-state index contributed by atoms with van der Waals surface area (Å²) in [6.45, 7) is 18.1. The summed E-state index contributed by atoms with van der Waals surface area (Å²) in [5, 5.41) is 23.2. The molecule has 0 spiro atoms. The number of benzene rings is 2. The van der Waals surface area contributed by atoms with Crippen molar-refractivity contribution in [3.63, 3.8) is 0 Å². The number of esters is 2. The summed E-state index contributed by atoms with van der Waals surface area (Å²) in [6, 6.07) is 8.78. The van der Waals surface area contributed by atoms with Crippen molar-refractivity contribution in [1.82, 2.24) is 26.6 Å². The number of carboxylic acid groups (broad SMARTS) is 1. The number of hydrogen-bond donors (Lipinski definition) is 6. The molecule has 2 aromatic rings. The summed E-state index contributed by atoms with van der Waals surface area (Å²) < 4.78 is 23.2. The average molecular weight is 1090 g/mol. The van der Waals surface area contributed by atoms with Crippen LogP contribution in [0.3, 0.4) is 0 Å². The first kappa shape index (κ1) is 63.2. The fraction of sp³-hybridized carbons (Fsp3) is 0.596. The van der Waals surface area contributed by atoms with Crippen LogP contribution in [0, 0.1) is 28.6 Å². The van der Waals surface area contributed by atoms with E-state index >= 15 is 0 Å². The van der Waals surface area contributed by atoms with Gasteiger partial charge in [0.1, 0.15) is 36.6 Å². The quantitative estimate of drug-likeness (QED) is 0.0399. The molecule has 19 nitrogen and oxygen atoms in total. The van der Waals surface area contributed by atoms with Gasteiger partial charge in [0.25, 0.3) is 0 Å². The summed E-state index contributed by atoms with van der Waals surface area (Å²) in [4.78, 5) is 117. The van der Waals surface area contributed by atoms with Crippen molar-refractivity contribution in [3.8, 4) is 5.75 Å². The van der Waals surface area contributed by atoms with Crippen LogP contribution < -0.4 is 31.3 Å². The third-order valence-electron chi connectivity index (χ3n) is 13.9. The van der Waals surface area contributed by atoms with E-state index in [1.807, 2.05) is 52.0 Å². The van der Waals surface area contributed by atoms with E-state index in [0.717, 1.165) is 11.1 Å². The molecule has 1 fully saturated rings. The van der Waals surface area contributed by atoms with E-state index in [4.69, 9.17) is 35.7 Å². The number of ether oxygens (including phenoxy) is 4. The van der Waals surface area contributed by atoms with Crippen LogP contribution >= 0.6 is 11.6 Å². The molecule has 0 unspecified atom stereocenters. The van der Waals surface area contributed by atoms with Gasteiger partial charge in [0.15, 0.2) is 5.78 Å². The van der Waals surface area contributed by atoms with Crippen LogP contribution in [0.2, 0.25) is 5.02 Å². The SMILES string of the molecule is COc1ccc(C[C@H]2NC(=O)/C=C/C[C@@H]([C@H](C)[C@H]3O[C@@H]3c3ccc(COC(=O)CCCNC(=O)[C@H](C)CC(=O)[C@@H](NC(=O)CCCC(=O)O)C(C)C)cc3)OC(=O)[C@H](CC(C)(C)C)NC(=O)C(C)(C)[C@H](C)NC2=O)cc1Cl. The summed E-state index contributed by atoms with van der Waals surface area (Å²) in [7, 11) is 1.49. The highest BCUT2D eigenvalue weighted by Crippen LogP contribution is 2.45. The molecular weight excluding hydrogens is 1010 g/mol. The van der Waals surface area contributed by atoms with Crippen molar-refractivity contribution < 1.29 is 67.2 Å². The Labute approximate surface area is 457 Å². The number of nitrogens with one attached hydrogen (secondary N) is 5. The highest BCUT2D eigenvalue weighted by molar-refractivity contribution is 6.32. The van der Waals surface area contributed by atoms with E-state index in [9.17, 15) is 43.2 Å². The number of carbonyl (C=O) groups excluding carboxylic acids is 8. The zero-order valence-electron chi connectivity index (χ0n) is 46.4.